The van der Waals surface area contributed by atoms with E-state index in [1.165, 1.54) is 29.5 Å². The largest absolute Gasteiger partial charge is 0.457 e. The summed E-state index contributed by atoms with van der Waals surface area (Å²) in [6, 6.07) is 8.85. The van der Waals surface area contributed by atoms with Gasteiger partial charge in [-0.2, -0.15) is 18.3 Å². The summed E-state index contributed by atoms with van der Waals surface area (Å²) >= 11 is 12.6. The van der Waals surface area contributed by atoms with Gasteiger partial charge in [0.05, 0.1) is 17.0 Å². The number of rotatable bonds is 7. The number of aliphatic hydroxyl groups excluding tert-OH is 1. The first-order valence-electron chi connectivity index (χ1n) is 8.98. The van der Waals surface area contributed by atoms with Crippen molar-refractivity contribution in [2.75, 3.05) is 6.61 Å². The van der Waals surface area contributed by atoms with Crippen LogP contribution in [0.15, 0.2) is 55.1 Å². The zero-order valence-corrected chi connectivity index (χ0v) is 17.3. The lowest BCUT2D eigenvalue weighted by molar-refractivity contribution is -0.138. The fraction of sp³-hybridized carbons (Fsp3) is 0.300. The summed E-state index contributed by atoms with van der Waals surface area (Å²) in [5.74, 6) is 0.327. The van der Waals surface area contributed by atoms with Gasteiger partial charge in [-0.25, -0.2) is 9.67 Å². The van der Waals surface area contributed by atoms with E-state index < -0.39 is 29.3 Å². The minimum absolute atomic E-state index is 0.00942. The van der Waals surface area contributed by atoms with Crippen LogP contribution < -0.4 is 4.74 Å². The van der Waals surface area contributed by atoms with Gasteiger partial charge in [-0.3, -0.25) is 0 Å². The molecule has 0 aliphatic heterocycles. The van der Waals surface area contributed by atoms with Crippen LogP contribution in [0.25, 0.3) is 0 Å². The summed E-state index contributed by atoms with van der Waals surface area (Å²) in [4.78, 5) is 2.21. The van der Waals surface area contributed by atoms with Gasteiger partial charge in [0.2, 0.25) is 0 Å². The highest BCUT2D eigenvalue weighted by Crippen LogP contribution is 2.48. The third kappa shape index (κ3) is 4.55. The van der Waals surface area contributed by atoms with Crippen LogP contribution in [0, 0.1) is 0 Å². The lowest BCUT2D eigenvalue weighted by atomic mass is 9.85. The number of hydrogen-bond acceptors (Lipinski definition) is 4. The molecule has 0 saturated carbocycles. The first-order chi connectivity index (χ1) is 14.2. The average Bonchev–Trinajstić information content (AvgIpc) is 3.23. The van der Waals surface area contributed by atoms with Crippen LogP contribution in [0.5, 0.6) is 11.5 Å². The Morgan fingerprint density at radius 2 is 1.77 bits per heavy atom. The van der Waals surface area contributed by atoms with Crippen LogP contribution in [0.4, 0.5) is 13.2 Å². The highest BCUT2D eigenvalue weighted by Gasteiger charge is 2.45. The summed E-state index contributed by atoms with van der Waals surface area (Å²) in [7, 11) is 0. The molecule has 0 aliphatic rings. The zero-order chi connectivity index (χ0) is 21.9. The maximum Gasteiger partial charge on any atom is 0.416 e. The predicted molar refractivity (Wildman–Crippen MR) is 107 cm³/mol. The monoisotopic (exact) mass is 459 g/mol. The predicted octanol–water partition coefficient (Wildman–Crippen LogP) is 5.82. The summed E-state index contributed by atoms with van der Waals surface area (Å²) in [6.45, 7) is 1.12. The molecule has 10 heteroatoms. The fourth-order valence-electron chi connectivity index (χ4n) is 3.24. The van der Waals surface area contributed by atoms with E-state index in [1.54, 1.807) is 31.2 Å². The first-order valence-corrected chi connectivity index (χ1v) is 9.73. The normalized spacial score (nSPS) is 14.9. The molecule has 1 N–H and O–H groups in total. The van der Waals surface area contributed by atoms with Gasteiger partial charge in [-0.1, -0.05) is 24.6 Å². The molecule has 1 heterocycles. The van der Waals surface area contributed by atoms with E-state index in [9.17, 15) is 18.3 Å². The molecule has 0 saturated heterocycles. The van der Waals surface area contributed by atoms with Gasteiger partial charge in [0.1, 0.15) is 30.2 Å². The quantitative estimate of drug-likeness (QED) is 0.452. The van der Waals surface area contributed by atoms with Gasteiger partial charge >= 0.3 is 6.18 Å². The lowest BCUT2D eigenvalue weighted by Gasteiger charge is -2.35. The van der Waals surface area contributed by atoms with Crippen molar-refractivity contribution >= 4 is 23.2 Å². The van der Waals surface area contributed by atoms with Crippen molar-refractivity contribution < 1.29 is 23.0 Å². The van der Waals surface area contributed by atoms with Gasteiger partial charge in [0.25, 0.3) is 0 Å². The molecule has 2 atom stereocenters. The molecule has 0 spiro atoms. The molecule has 2 unspecified atom stereocenters. The first kappa shape index (κ1) is 22.4. The number of hydrogen-bond donors (Lipinski definition) is 1. The second-order valence-electron chi connectivity index (χ2n) is 6.55. The molecule has 0 bridgehead atoms. The summed E-state index contributed by atoms with van der Waals surface area (Å²) in [6.07, 6.45) is -2.07. The van der Waals surface area contributed by atoms with E-state index >= 15 is 0 Å². The molecule has 2 aromatic carbocycles. The van der Waals surface area contributed by atoms with E-state index in [0.29, 0.717) is 10.8 Å². The minimum atomic E-state index is -4.70. The number of aliphatic hydroxyl groups is 1. The Balaban J connectivity index is 2.07. The molecule has 0 aliphatic carbocycles. The van der Waals surface area contributed by atoms with E-state index in [0.717, 1.165) is 6.07 Å². The number of nitrogens with zero attached hydrogens (tertiary/aromatic N) is 3. The Morgan fingerprint density at radius 3 is 2.30 bits per heavy atom. The summed E-state index contributed by atoms with van der Waals surface area (Å²) in [5.41, 5.74) is -1.14. The minimum Gasteiger partial charge on any atom is -0.457 e. The maximum absolute atomic E-state index is 14.0. The second-order valence-corrected chi connectivity index (χ2v) is 7.66. The Kier molecular flexibility index (Phi) is 6.59. The molecule has 0 amide bonds. The van der Waals surface area contributed by atoms with E-state index in [-0.39, 0.29) is 17.7 Å². The van der Waals surface area contributed by atoms with Crippen molar-refractivity contribution in [3.63, 3.8) is 0 Å². The van der Waals surface area contributed by atoms with Gasteiger partial charge < -0.3 is 9.84 Å². The molecule has 30 heavy (non-hydrogen) atoms. The Labute approximate surface area is 181 Å². The van der Waals surface area contributed by atoms with Gasteiger partial charge in [-0.05, 0) is 48.4 Å². The van der Waals surface area contributed by atoms with Crippen molar-refractivity contribution in [2.45, 2.75) is 30.4 Å². The maximum atomic E-state index is 14.0. The number of alkyl halides is 4. The standard InChI is InChI=1S/C20H18Cl2F3N3O2/c1-2-19(22,18(10-29)28-12-26-11-27-28)16-8-7-15(9-17(16)20(23,24)25)30-14-5-3-13(21)4-6-14/h3-9,11-12,18,29H,2,10H2,1H3. The molecule has 0 radical (unpaired) electrons. The van der Waals surface area contributed by atoms with E-state index in [1.807, 2.05) is 0 Å². The van der Waals surface area contributed by atoms with Crippen LogP contribution in [-0.4, -0.2) is 26.5 Å². The third-order valence-corrected chi connectivity index (χ3v) is 5.74. The van der Waals surface area contributed by atoms with Crippen LogP contribution >= 0.6 is 23.2 Å². The highest BCUT2D eigenvalue weighted by atomic mass is 35.5. The number of benzene rings is 2. The zero-order valence-electron chi connectivity index (χ0n) is 15.8. The van der Waals surface area contributed by atoms with Crippen molar-refractivity contribution in [1.82, 2.24) is 14.8 Å². The summed E-state index contributed by atoms with van der Waals surface area (Å²) < 4.78 is 48.7. The van der Waals surface area contributed by atoms with Crippen molar-refractivity contribution in [1.29, 1.82) is 0 Å². The van der Waals surface area contributed by atoms with Crippen LogP contribution in [0.3, 0.4) is 0 Å². The smallest absolute Gasteiger partial charge is 0.416 e. The fourth-order valence-corrected chi connectivity index (χ4v) is 3.70. The molecule has 3 rings (SSSR count). The average molecular weight is 460 g/mol. The van der Waals surface area contributed by atoms with Crippen molar-refractivity contribution in [2.24, 2.45) is 0 Å². The highest BCUT2D eigenvalue weighted by molar-refractivity contribution is 6.30. The Hall–Kier alpha value is -2.29. The molecule has 160 valence electrons. The van der Waals surface area contributed by atoms with Gasteiger partial charge in [0, 0.05) is 5.02 Å². The van der Waals surface area contributed by atoms with Crippen LogP contribution in [-0.2, 0) is 11.1 Å². The Morgan fingerprint density at radius 1 is 1.10 bits per heavy atom. The van der Waals surface area contributed by atoms with Gasteiger partial charge in [0.15, 0.2) is 0 Å². The Bertz CT molecular complexity index is 982. The lowest BCUT2D eigenvalue weighted by Crippen LogP contribution is -2.36. The topological polar surface area (TPSA) is 60.2 Å². The van der Waals surface area contributed by atoms with Crippen LogP contribution in [0.2, 0.25) is 5.02 Å². The summed E-state index contributed by atoms with van der Waals surface area (Å²) in [5, 5.41) is 14.3. The third-order valence-electron chi connectivity index (χ3n) is 4.77. The molecule has 5 nitrogen and oxygen atoms in total. The molecule has 3 aromatic rings. The van der Waals surface area contributed by atoms with Gasteiger partial charge in [-0.15, -0.1) is 11.6 Å². The molecule has 0 fully saturated rings. The van der Waals surface area contributed by atoms with Crippen LogP contribution in [0.1, 0.15) is 30.5 Å². The number of aromatic nitrogens is 3. The SMILES string of the molecule is CCC(Cl)(c1ccc(Oc2ccc(Cl)cc2)cc1C(F)(F)F)C(CO)n1cncn1. The molecular formula is C20H18Cl2F3N3O2. The molecular weight excluding hydrogens is 442 g/mol. The van der Waals surface area contributed by atoms with Crippen molar-refractivity contribution in [3.8, 4) is 11.5 Å². The van der Waals surface area contributed by atoms with E-state index in [2.05, 4.69) is 10.1 Å². The van der Waals surface area contributed by atoms with E-state index in [4.69, 9.17) is 27.9 Å². The molecule has 1 aromatic heterocycles. The number of ether oxygens (including phenoxy) is 1. The second kappa shape index (κ2) is 8.83. The van der Waals surface area contributed by atoms with Crippen molar-refractivity contribution in [3.05, 3.63) is 71.3 Å². The number of halogens is 5.